The Kier molecular flexibility index (Phi) is 6.56. The number of esters is 1. The maximum Gasteiger partial charge on any atom is 0.338 e. The van der Waals surface area contributed by atoms with Crippen molar-refractivity contribution < 1.29 is 9.53 Å². The molecule has 0 radical (unpaired) electrons. The number of anilines is 2. The van der Waals surface area contributed by atoms with Gasteiger partial charge in [0.1, 0.15) is 0 Å². The second-order valence-electron chi connectivity index (χ2n) is 4.35. The van der Waals surface area contributed by atoms with E-state index in [1.54, 1.807) is 12.1 Å². The molecule has 0 saturated heterocycles. The van der Waals surface area contributed by atoms with Crippen LogP contribution in [0.4, 0.5) is 11.4 Å². The van der Waals surface area contributed by atoms with Crippen LogP contribution in [0.3, 0.4) is 0 Å². The molecule has 0 amide bonds. The van der Waals surface area contributed by atoms with E-state index in [4.69, 9.17) is 10.5 Å². The minimum absolute atomic E-state index is 0.307. The van der Waals surface area contributed by atoms with Gasteiger partial charge in [-0.15, -0.1) is 0 Å². The van der Waals surface area contributed by atoms with Crippen LogP contribution in [0, 0.1) is 0 Å². The van der Waals surface area contributed by atoms with Crippen molar-refractivity contribution in [1.82, 2.24) is 0 Å². The van der Waals surface area contributed by atoms with Crippen LogP contribution in [0.15, 0.2) is 18.2 Å². The molecule has 0 aliphatic rings. The number of rotatable bonds is 7. The Labute approximate surface area is 119 Å². The van der Waals surface area contributed by atoms with Gasteiger partial charge < -0.3 is 15.4 Å². The molecule has 4 nitrogen and oxygen atoms in total. The summed E-state index contributed by atoms with van der Waals surface area (Å²) in [5, 5.41) is 0. The summed E-state index contributed by atoms with van der Waals surface area (Å²) in [5.41, 5.74) is 7.89. The minimum Gasteiger partial charge on any atom is -0.462 e. The van der Waals surface area contributed by atoms with Gasteiger partial charge in [-0.3, -0.25) is 0 Å². The molecule has 0 heterocycles. The average molecular weight is 282 g/mol. The van der Waals surface area contributed by atoms with E-state index < -0.39 is 0 Å². The molecule has 19 heavy (non-hydrogen) atoms. The van der Waals surface area contributed by atoms with Gasteiger partial charge in [-0.05, 0) is 36.1 Å². The minimum atomic E-state index is -0.307. The van der Waals surface area contributed by atoms with E-state index in [0.29, 0.717) is 17.9 Å². The predicted octanol–water partition coefficient (Wildman–Crippen LogP) is 2.63. The number of nitrogens with two attached hydrogens (primary N) is 1. The Balaban J connectivity index is 2.51. The molecule has 1 aromatic rings. The van der Waals surface area contributed by atoms with E-state index in [-0.39, 0.29) is 5.97 Å². The lowest BCUT2D eigenvalue weighted by atomic mass is 10.1. The zero-order valence-corrected chi connectivity index (χ0v) is 12.6. The summed E-state index contributed by atoms with van der Waals surface area (Å²) in [6.07, 6.45) is 0.884. The molecule has 2 N–H and O–H groups in total. The topological polar surface area (TPSA) is 55.6 Å². The van der Waals surface area contributed by atoms with Crippen LogP contribution in [0.25, 0.3) is 0 Å². The van der Waals surface area contributed by atoms with E-state index in [1.165, 1.54) is 0 Å². The molecule has 0 aliphatic carbocycles. The fourth-order valence-electron chi connectivity index (χ4n) is 1.64. The summed E-state index contributed by atoms with van der Waals surface area (Å²) in [6.45, 7) is 2.58. The Hall–Kier alpha value is -1.36. The van der Waals surface area contributed by atoms with Gasteiger partial charge in [0.15, 0.2) is 0 Å². The van der Waals surface area contributed by atoms with Gasteiger partial charge in [0.2, 0.25) is 0 Å². The Morgan fingerprint density at radius 2 is 2.16 bits per heavy atom. The molecular weight excluding hydrogens is 260 g/mol. The molecule has 1 aromatic carbocycles. The number of hydrogen-bond acceptors (Lipinski definition) is 5. The molecule has 0 unspecified atom stereocenters. The summed E-state index contributed by atoms with van der Waals surface area (Å²) >= 11 is 1.85. The molecule has 106 valence electrons. The van der Waals surface area contributed by atoms with E-state index in [9.17, 15) is 4.79 Å². The van der Waals surface area contributed by atoms with Crippen molar-refractivity contribution >= 4 is 29.1 Å². The number of ether oxygens (including phenoxy) is 1. The highest BCUT2D eigenvalue weighted by Gasteiger charge is 2.10. The van der Waals surface area contributed by atoms with Crippen molar-refractivity contribution in [3.05, 3.63) is 23.8 Å². The highest BCUT2D eigenvalue weighted by atomic mass is 32.2. The Morgan fingerprint density at radius 3 is 2.74 bits per heavy atom. The van der Waals surface area contributed by atoms with Crippen molar-refractivity contribution in [2.24, 2.45) is 0 Å². The normalized spacial score (nSPS) is 10.3. The van der Waals surface area contributed by atoms with Gasteiger partial charge in [0, 0.05) is 14.1 Å². The molecule has 0 aliphatic heterocycles. The number of hydrogen-bond donors (Lipinski definition) is 1. The van der Waals surface area contributed by atoms with Crippen molar-refractivity contribution in [3.8, 4) is 0 Å². The number of nitrogen functional groups attached to an aromatic ring is 1. The first-order valence-electron chi connectivity index (χ1n) is 6.38. The van der Waals surface area contributed by atoms with Gasteiger partial charge in [0.25, 0.3) is 0 Å². The smallest absolute Gasteiger partial charge is 0.338 e. The van der Waals surface area contributed by atoms with Gasteiger partial charge in [-0.2, -0.15) is 11.8 Å². The monoisotopic (exact) mass is 282 g/mol. The number of carbonyl (C=O) groups excluding carboxylic acids is 1. The average Bonchev–Trinajstić information content (AvgIpc) is 2.37. The molecule has 0 spiro atoms. The van der Waals surface area contributed by atoms with Crippen LogP contribution in [0.1, 0.15) is 23.7 Å². The summed E-state index contributed by atoms with van der Waals surface area (Å²) < 4.78 is 5.21. The van der Waals surface area contributed by atoms with E-state index in [0.717, 1.165) is 23.6 Å². The standard InChI is InChI=1S/C14H22N2O2S/c1-4-19-9-5-8-18-14(17)11-6-7-13(16(2)3)12(15)10-11/h6-7,10H,4-5,8-9,15H2,1-3H3. The summed E-state index contributed by atoms with van der Waals surface area (Å²) in [5.74, 6) is 1.81. The zero-order valence-electron chi connectivity index (χ0n) is 11.8. The van der Waals surface area contributed by atoms with Crippen LogP contribution in [0.5, 0.6) is 0 Å². The van der Waals surface area contributed by atoms with Gasteiger partial charge >= 0.3 is 5.97 Å². The first-order chi connectivity index (χ1) is 9.06. The number of benzene rings is 1. The lowest BCUT2D eigenvalue weighted by Crippen LogP contribution is -2.13. The van der Waals surface area contributed by atoms with Gasteiger partial charge in [-0.1, -0.05) is 6.92 Å². The summed E-state index contributed by atoms with van der Waals surface area (Å²) in [6, 6.07) is 5.24. The fourth-order valence-corrected chi connectivity index (χ4v) is 2.25. The number of carbonyl (C=O) groups is 1. The van der Waals surface area contributed by atoms with Gasteiger partial charge in [-0.25, -0.2) is 4.79 Å². The zero-order chi connectivity index (χ0) is 14.3. The maximum atomic E-state index is 11.8. The maximum absolute atomic E-state index is 11.8. The number of thioether (sulfide) groups is 1. The molecule has 5 heteroatoms. The molecule has 0 aromatic heterocycles. The lowest BCUT2D eigenvalue weighted by Gasteiger charge is -2.15. The first-order valence-corrected chi connectivity index (χ1v) is 7.53. The quantitative estimate of drug-likeness (QED) is 0.473. The van der Waals surface area contributed by atoms with Crippen LogP contribution in [-0.2, 0) is 4.74 Å². The third kappa shape index (κ3) is 5.03. The van der Waals surface area contributed by atoms with Crippen LogP contribution in [-0.4, -0.2) is 38.2 Å². The third-order valence-electron chi connectivity index (χ3n) is 2.62. The SMILES string of the molecule is CCSCCCOC(=O)c1ccc(N(C)C)c(N)c1. The summed E-state index contributed by atoms with van der Waals surface area (Å²) in [4.78, 5) is 13.7. The Morgan fingerprint density at radius 1 is 1.42 bits per heavy atom. The fraction of sp³-hybridized carbons (Fsp3) is 0.500. The van der Waals surface area contributed by atoms with E-state index in [1.807, 2.05) is 36.8 Å². The molecular formula is C14H22N2O2S. The molecule has 0 bridgehead atoms. The molecule has 0 fully saturated rings. The highest BCUT2D eigenvalue weighted by Crippen LogP contribution is 2.22. The second kappa shape index (κ2) is 7.94. The molecule has 1 rings (SSSR count). The van der Waals surface area contributed by atoms with E-state index >= 15 is 0 Å². The first kappa shape index (κ1) is 15.7. The molecule has 0 atom stereocenters. The summed E-state index contributed by atoms with van der Waals surface area (Å²) in [7, 11) is 3.82. The van der Waals surface area contributed by atoms with Crippen molar-refractivity contribution in [2.75, 3.05) is 42.8 Å². The largest absolute Gasteiger partial charge is 0.462 e. The van der Waals surface area contributed by atoms with E-state index in [2.05, 4.69) is 6.92 Å². The van der Waals surface area contributed by atoms with Crippen LogP contribution in [0.2, 0.25) is 0 Å². The van der Waals surface area contributed by atoms with Crippen molar-refractivity contribution in [1.29, 1.82) is 0 Å². The lowest BCUT2D eigenvalue weighted by molar-refractivity contribution is 0.0506. The molecule has 0 saturated carbocycles. The highest BCUT2D eigenvalue weighted by molar-refractivity contribution is 7.99. The van der Waals surface area contributed by atoms with Crippen molar-refractivity contribution in [2.45, 2.75) is 13.3 Å². The van der Waals surface area contributed by atoms with Gasteiger partial charge in [0.05, 0.1) is 23.5 Å². The van der Waals surface area contributed by atoms with Crippen molar-refractivity contribution in [3.63, 3.8) is 0 Å². The Bertz CT molecular complexity index is 422. The number of nitrogens with zero attached hydrogens (tertiary/aromatic N) is 1. The second-order valence-corrected chi connectivity index (χ2v) is 5.75. The third-order valence-corrected chi connectivity index (χ3v) is 3.60. The van der Waals surface area contributed by atoms with Crippen LogP contribution < -0.4 is 10.6 Å². The predicted molar refractivity (Wildman–Crippen MR) is 83.1 cm³/mol. The van der Waals surface area contributed by atoms with Crippen LogP contribution >= 0.6 is 11.8 Å².